The van der Waals surface area contributed by atoms with Gasteiger partial charge < -0.3 is 15.6 Å². The Morgan fingerprint density at radius 2 is 2.32 bits per heavy atom. The molecule has 0 radical (unpaired) electrons. The van der Waals surface area contributed by atoms with Gasteiger partial charge in [-0.1, -0.05) is 11.3 Å². The highest BCUT2D eigenvalue weighted by Gasteiger charge is 2.15. The van der Waals surface area contributed by atoms with Crippen molar-refractivity contribution in [2.45, 2.75) is 0 Å². The second-order valence-electron chi connectivity index (χ2n) is 4.62. The van der Waals surface area contributed by atoms with E-state index in [1.54, 1.807) is 18.2 Å². The molecular weight excluding hydrogens is 332 g/mol. The number of hydrogen-bond donors (Lipinski definition) is 3. The van der Waals surface area contributed by atoms with Crippen LogP contribution in [-0.2, 0) is 0 Å². The Labute approximate surface area is 139 Å². The summed E-state index contributed by atoms with van der Waals surface area (Å²) in [6, 6.07) is 4.86. The molecular formula is C13H12N8O4. The van der Waals surface area contributed by atoms with Crippen LogP contribution in [0, 0.1) is 0 Å². The summed E-state index contributed by atoms with van der Waals surface area (Å²) in [5.41, 5.74) is 8.12. The molecule has 1 amide bonds. The number of anilines is 1. The Hall–Kier alpha value is -3.96. The van der Waals surface area contributed by atoms with Crippen LogP contribution in [0.4, 0.5) is 5.82 Å². The lowest BCUT2D eigenvalue weighted by Crippen LogP contribution is -2.18. The summed E-state index contributed by atoms with van der Waals surface area (Å²) < 4.78 is 10.6. The molecule has 1 aromatic carbocycles. The predicted octanol–water partition coefficient (Wildman–Crippen LogP) is -0.289. The molecule has 4 N–H and O–H groups in total. The van der Waals surface area contributed by atoms with Crippen LogP contribution < -0.4 is 15.9 Å². The van der Waals surface area contributed by atoms with E-state index < -0.39 is 5.91 Å². The standard InChI is InChI=1S/C13H12N8O4/c1-24-9-4-2-3-7(10(9)22)5-15-17-13(23)8-6-21(20-16-8)12-11(14)18-25-19-12/h2-6,22H,1H3,(H2,14,18)(H,17,23)/b15-5+. The Morgan fingerprint density at radius 3 is 3.04 bits per heavy atom. The van der Waals surface area contributed by atoms with Gasteiger partial charge in [0.1, 0.15) is 0 Å². The fourth-order valence-electron chi connectivity index (χ4n) is 1.85. The number of ether oxygens (including phenoxy) is 1. The van der Waals surface area contributed by atoms with Crippen LogP contribution in [0.1, 0.15) is 16.1 Å². The molecule has 0 fully saturated rings. The van der Waals surface area contributed by atoms with Gasteiger partial charge in [0, 0.05) is 5.56 Å². The lowest BCUT2D eigenvalue weighted by molar-refractivity contribution is 0.0950. The van der Waals surface area contributed by atoms with Crippen LogP contribution >= 0.6 is 0 Å². The molecule has 25 heavy (non-hydrogen) atoms. The summed E-state index contributed by atoms with van der Waals surface area (Å²) in [6.45, 7) is 0. The van der Waals surface area contributed by atoms with Crippen molar-refractivity contribution in [3.8, 4) is 17.3 Å². The normalized spacial score (nSPS) is 10.9. The highest BCUT2D eigenvalue weighted by molar-refractivity contribution is 5.93. The maximum atomic E-state index is 12.0. The fraction of sp³-hybridized carbons (Fsp3) is 0.0769. The third-order valence-electron chi connectivity index (χ3n) is 3.06. The fourth-order valence-corrected chi connectivity index (χ4v) is 1.85. The zero-order valence-corrected chi connectivity index (χ0v) is 12.8. The summed E-state index contributed by atoms with van der Waals surface area (Å²) in [4.78, 5) is 12.0. The van der Waals surface area contributed by atoms with Gasteiger partial charge in [-0.25, -0.2) is 10.1 Å². The van der Waals surface area contributed by atoms with E-state index in [9.17, 15) is 9.90 Å². The monoisotopic (exact) mass is 344 g/mol. The van der Waals surface area contributed by atoms with Gasteiger partial charge in [-0.15, -0.1) is 5.10 Å². The summed E-state index contributed by atoms with van der Waals surface area (Å²) >= 11 is 0. The number of carbonyl (C=O) groups excluding carboxylic acids is 1. The second kappa shape index (κ2) is 6.66. The summed E-state index contributed by atoms with van der Waals surface area (Å²) in [5.74, 6) is -0.320. The molecule has 0 saturated heterocycles. The van der Waals surface area contributed by atoms with E-state index in [2.05, 4.69) is 35.8 Å². The van der Waals surface area contributed by atoms with E-state index >= 15 is 0 Å². The van der Waals surface area contributed by atoms with Crippen molar-refractivity contribution in [1.29, 1.82) is 0 Å². The third kappa shape index (κ3) is 3.21. The number of methoxy groups -OCH3 is 1. The number of phenols is 1. The highest BCUT2D eigenvalue weighted by Crippen LogP contribution is 2.27. The highest BCUT2D eigenvalue weighted by atomic mass is 16.6. The molecule has 0 aliphatic rings. The minimum absolute atomic E-state index is 0.00313. The van der Waals surface area contributed by atoms with E-state index in [0.717, 1.165) is 4.68 Å². The SMILES string of the molecule is COc1cccc(/C=N/NC(=O)c2cn(-c3nonc3N)nn2)c1O. The van der Waals surface area contributed by atoms with Gasteiger partial charge in [0.05, 0.1) is 19.5 Å². The molecule has 2 heterocycles. The molecule has 2 aromatic heterocycles. The number of para-hydroxylation sites is 1. The minimum atomic E-state index is -0.625. The number of phenolic OH excluding ortho intramolecular Hbond substituents is 1. The Morgan fingerprint density at radius 1 is 1.48 bits per heavy atom. The van der Waals surface area contributed by atoms with Crippen LogP contribution in [0.2, 0.25) is 0 Å². The van der Waals surface area contributed by atoms with Crippen LogP contribution in [0.15, 0.2) is 34.1 Å². The van der Waals surface area contributed by atoms with Crippen LogP contribution in [-0.4, -0.2) is 49.6 Å². The number of aromatic hydroxyl groups is 1. The van der Waals surface area contributed by atoms with Crippen LogP contribution in [0.5, 0.6) is 11.5 Å². The molecule has 0 atom stereocenters. The second-order valence-corrected chi connectivity index (χ2v) is 4.62. The van der Waals surface area contributed by atoms with Gasteiger partial charge in [0.25, 0.3) is 5.91 Å². The molecule has 0 unspecified atom stereocenters. The average molecular weight is 344 g/mol. The molecule has 0 saturated carbocycles. The molecule has 12 nitrogen and oxygen atoms in total. The first-order valence-corrected chi connectivity index (χ1v) is 6.80. The molecule has 3 aromatic rings. The smallest absolute Gasteiger partial charge is 0.293 e. The largest absolute Gasteiger partial charge is 0.504 e. The van der Waals surface area contributed by atoms with E-state index in [1.807, 2.05) is 0 Å². The van der Waals surface area contributed by atoms with E-state index in [1.165, 1.54) is 19.5 Å². The summed E-state index contributed by atoms with van der Waals surface area (Å²) in [7, 11) is 1.43. The summed E-state index contributed by atoms with van der Waals surface area (Å²) in [5, 5.41) is 28.0. The van der Waals surface area contributed by atoms with Gasteiger partial charge in [0.15, 0.2) is 17.2 Å². The molecule has 3 rings (SSSR count). The topological polar surface area (TPSA) is 167 Å². The number of nitrogens with two attached hydrogens (primary N) is 1. The number of nitrogens with zero attached hydrogens (tertiary/aromatic N) is 6. The lowest BCUT2D eigenvalue weighted by Gasteiger charge is -2.04. The number of amides is 1. The number of rotatable bonds is 5. The van der Waals surface area contributed by atoms with Crippen LogP contribution in [0.3, 0.4) is 0 Å². The number of nitrogens with one attached hydrogen (secondary N) is 1. The zero-order valence-electron chi connectivity index (χ0n) is 12.8. The van der Waals surface area contributed by atoms with Crippen LogP contribution in [0.25, 0.3) is 5.82 Å². The quantitative estimate of drug-likeness (QED) is 0.416. The van der Waals surface area contributed by atoms with Gasteiger partial charge in [-0.2, -0.15) is 9.78 Å². The number of benzene rings is 1. The zero-order chi connectivity index (χ0) is 17.8. The first kappa shape index (κ1) is 15.9. The van der Waals surface area contributed by atoms with Gasteiger partial charge >= 0.3 is 0 Å². The van der Waals surface area contributed by atoms with Crippen molar-refractivity contribution >= 4 is 17.9 Å². The lowest BCUT2D eigenvalue weighted by atomic mass is 10.2. The minimum Gasteiger partial charge on any atom is -0.504 e. The third-order valence-corrected chi connectivity index (χ3v) is 3.06. The van der Waals surface area contributed by atoms with E-state index in [-0.39, 0.29) is 28.8 Å². The van der Waals surface area contributed by atoms with Crippen molar-refractivity contribution in [2.75, 3.05) is 12.8 Å². The van der Waals surface area contributed by atoms with Gasteiger partial charge in [-0.3, -0.25) is 4.79 Å². The molecule has 128 valence electrons. The molecule has 0 bridgehead atoms. The maximum Gasteiger partial charge on any atom is 0.293 e. The number of hydrazone groups is 1. The predicted molar refractivity (Wildman–Crippen MR) is 83.3 cm³/mol. The Kier molecular flexibility index (Phi) is 4.24. The van der Waals surface area contributed by atoms with Crippen molar-refractivity contribution in [2.24, 2.45) is 5.10 Å². The first-order chi connectivity index (χ1) is 12.1. The maximum absolute atomic E-state index is 12.0. The number of hydrogen-bond acceptors (Lipinski definition) is 10. The Balaban J connectivity index is 1.69. The van der Waals surface area contributed by atoms with E-state index in [4.69, 9.17) is 10.5 Å². The molecule has 0 aliphatic heterocycles. The van der Waals surface area contributed by atoms with Crippen molar-refractivity contribution in [3.63, 3.8) is 0 Å². The molecule has 0 aliphatic carbocycles. The van der Waals surface area contributed by atoms with Crippen molar-refractivity contribution in [1.82, 2.24) is 30.7 Å². The summed E-state index contributed by atoms with van der Waals surface area (Å²) in [6.07, 6.45) is 2.55. The number of carbonyl (C=O) groups is 1. The molecule has 12 heteroatoms. The van der Waals surface area contributed by atoms with Crippen molar-refractivity contribution < 1.29 is 19.3 Å². The van der Waals surface area contributed by atoms with Gasteiger partial charge in [-0.05, 0) is 22.4 Å². The number of nitrogen functional groups attached to an aromatic ring is 1. The van der Waals surface area contributed by atoms with E-state index in [0.29, 0.717) is 5.56 Å². The Bertz CT molecular complexity index is 932. The number of aromatic nitrogens is 5. The molecule has 0 spiro atoms. The average Bonchev–Trinajstić information content (AvgIpc) is 3.25. The van der Waals surface area contributed by atoms with Gasteiger partial charge in [0.2, 0.25) is 11.6 Å². The first-order valence-electron chi connectivity index (χ1n) is 6.80. The van der Waals surface area contributed by atoms with Crippen molar-refractivity contribution in [3.05, 3.63) is 35.7 Å².